The van der Waals surface area contributed by atoms with Crippen LogP contribution in [0.5, 0.6) is 5.75 Å². The van der Waals surface area contributed by atoms with E-state index in [1.165, 1.54) is 6.20 Å². The van der Waals surface area contributed by atoms with E-state index in [0.29, 0.717) is 6.61 Å². The normalized spacial score (nSPS) is 11.9. The van der Waals surface area contributed by atoms with Crippen molar-refractivity contribution in [1.29, 1.82) is 0 Å². The van der Waals surface area contributed by atoms with Gasteiger partial charge in [-0.15, -0.1) is 0 Å². The molecule has 120 valence electrons. The number of hydrogen-bond acceptors (Lipinski definition) is 4. The van der Waals surface area contributed by atoms with Gasteiger partial charge < -0.3 is 19.5 Å². The van der Waals surface area contributed by atoms with Crippen LogP contribution in [0.4, 0.5) is 0 Å². The fraction of sp³-hybridized carbons (Fsp3) is 0.353. The van der Waals surface area contributed by atoms with E-state index in [1.54, 1.807) is 18.9 Å². The van der Waals surface area contributed by atoms with Crippen molar-refractivity contribution < 1.29 is 19.2 Å². The molecule has 0 amide bonds. The lowest BCUT2D eigenvalue weighted by Gasteiger charge is -2.22. The third-order valence-electron chi connectivity index (χ3n) is 2.88. The Hall–Kier alpha value is -2.43. The summed E-state index contributed by atoms with van der Waals surface area (Å²) < 4.78 is 12.1. The Balaban J connectivity index is 3.15. The first-order chi connectivity index (χ1) is 10.5. The van der Waals surface area contributed by atoms with Gasteiger partial charge in [0.25, 0.3) is 0 Å². The Kier molecular flexibility index (Phi) is 7.02. The van der Waals surface area contributed by atoms with Crippen LogP contribution in [-0.2, 0) is 4.74 Å². The molecule has 0 N–H and O–H groups in total. The molecule has 0 saturated heterocycles. The summed E-state index contributed by atoms with van der Waals surface area (Å²) in [5.74, 6) is 0.422. The van der Waals surface area contributed by atoms with E-state index < -0.39 is 0 Å². The molecule has 0 radical (unpaired) electrons. The first-order valence-corrected chi connectivity index (χ1v) is 7.08. The molecule has 0 aliphatic heterocycles. The lowest BCUT2D eigenvalue weighted by atomic mass is 10.1. The van der Waals surface area contributed by atoms with E-state index in [9.17, 15) is 5.11 Å². The highest BCUT2D eigenvalue weighted by atomic mass is 16.6. The Morgan fingerprint density at radius 2 is 1.91 bits per heavy atom. The maximum absolute atomic E-state index is 11.6. The SMILES string of the molecule is CCO/C([O-])=C/N(C)/C(=C\C=[N+](C)C)c1ccc(OC)cc1. The van der Waals surface area contributed by atoms with E-state index in [1.807, 2.05) is 62.3 Å². The molecule has 1 rings (SSSR count). The predicted octanol–water partition coefficient (Wildman–Crippen LogP) is 1.51. The van der Waals surface area contributed by atoms with Crippen molar-refractivity contribution in [1.82, 2.24) is 4.90 Å². The lowest BCUT2D eigenvalue weighted by Crippen LogP contribution is -2.17. The van der Waals surface area contributed by atoms with Crippen molar-refractivity contribution >= 4 is 11.9 Å². The van der Waals surface area contributed by atoms with Crippen LogP contribution in [0.25, 0.3) is 5.70 Å². The van der Waals surface area contributed by atoms with E-state index in [2.05, 4.69) is 0 Å². The molecule has 0 aliphatic rings. The van der Waals surface area contributed by atoms with Crippen molar-refractivity contribution in [3.63, 3.8) is 0 Å². The van der Waals surface area contributed by atoms with Gasteiger partial charge in [-0.3, -0.25) is 0 Å². The molecule has 0 atom stereocenters. The zero-order chi connectivity index (χ0) is 16.5. The van der Waals surface area contributed by atoms with Crippen LogP contribution in [0.2, 0.25) is 0 Å². The van der Waals surface area contributed by atoms with Crippen molar-refractivity contribution in [2.45, 2.75) is 6.92 Å². The second kappa shape index (κ2) is 8.77. The molecule has 5 nitrogen and oxygen atoms in total. The quantitative estimate of drug-likeness (QED) is 0.435. The molecule has 0 bridgehead atoms. The first-order valence-electron chi connectivity index (χ1n) is 7.08. The van der Waals surface area contributed by atoms with Crippen molar-refractivity contribution in [2.24, 2.45) is 0 Å². The zero-order valence-electron chi connectivity index (χ0n) is 13.9. The molecule has 0 saturated carbocycles. The second-order valence-corrected chi connectivity index (χ2v) is 4.89. The summed E-state index contributed by atoms with van der Waals surface area (Å²) in [7, 11) is 7.33. The van der Waals surface area contributed by atoms with Gasteiger partial charge in [0.1, 0.15) is 19.8 Å². The van der Waals surface area contributed by atoms with Gasteiger partial charge in [0.2, 0.25) is 0 Å². The number of rotatable bonds is 7. The predicted molar refractivity (Wildman–Crippen MR) is 86.6 cm³/mol. The van der Waals surface area contributed by atoms with Crippen LogP contribution >= 0.6 is 0 Å². The molecule has 0 fully saturated rings. The van der Waals surface area contributed by atoms with Gasteiger partial charge >= 0.3 is 0 Å². The Morgan fingerprint density at radius 3 is 2.41 bits per heavy atom. The molecule has 1 aromatic carbocycles. The molecule has 22 heavy (non-hydrogen) atoms. The molecule has 0 heterocycles. The van der Waals surface area contributed by atoms with Gasteiger partial charge in [0.05, 0.1) is 18.8 Å². The average molecular weight is 304 g/mol. The third-order valence-corrected chi connectivity index (χ3v) is 2.88. The second-order valence-electron chi connectivity index (χ2n) is 4.89. The standard InChI is InChI=1S/C17H24N2O3/c1-6-22-17(20)13-19(4)16(11-12-18(2)3)14-7-9-15(21-5)10-8-14/h7-13H,6H2,1-5H3/b17-13+. The van der Waals surface area contributed by atoms with Crippen LogP contribution in [0.1, 0.15) is 12.5 Å². The smallest absolute Gasteiger partial charge is 0.165 e. The van der Waals surface area contributed by atoms with Crippen molar-refractivity contribution in [3.05, 3.63) is 48.1 Å². The number of ether oxygens (including phenoxy) is 2. The van der Waals surface area contributed by atoms with Crippen molar-refractivity contribution in [3.8, 4) is 5.75 Å². The fourth-order valence-electron chi connectivity index (χ4n) is 1.81. The minimum Gasteiger partial charge on any atom is -0.613 e. The Bertz CT molecular complexity index is 556. The van der Waals surface area contributed by atoms with Gasteiger partial charge in [-0.2, -0.15) is 0 Å². The van der Waals surface area contributed by atoms with E-state index >= 15 is 0 Å². The number of allylic oxidation sites excluding steroid dienone is 1. The van der Waals surface area contributed by atoms with Crippen LogP contribution in [0.3, 0.4) is 0 Å². The van der Waals surface area contributed by atoms with Crippen LogP contribution in [-0.4, -0.2) is 50.5 Å². The van der Waals surface area contributed by atoms with Crippen LogP contribution in [0.15, 0.2) is 42.5 Å². The third kappa shape index (κ3) is 5.52. The molecule has 0 spiro atoms. The van der Waals surface area contributed by atoms with Gasteiger partial charge in [0.15, 0.2) is 6.21 Å². The zero-order valence-corrected chi connectivity index (χ0v) is 13.9. The number of hydrogen-bond donors (Lipinski definition) is 0. The van der Waals surface area contributed by atoms with E-state index in [-0.39, 0.29) is 5.95 Å². The maximum atomic E-state index is 11.6. The molecule has 1 aromatic rings. The highest BCUT2D eigenvalue weighted by molar-refractivity contribution is 5.81. The summed E-state index contributed by atoms with van der Waals surface area (Å²) in [5.41, 5.74) is 1.85. The number of nitrogens with zero attached hydrogens (tertiary/aromatic N) is 2. The van der Waals surface area contributed by atoms with Gasteiger partial charge in [-0.05, 0) is 36.4 Å². The number of methoxy groups -OCH3 is 1. The average Bonchev–Trinajstić information content (AvgIpc) is 2.48. The topological polar surface area (TPSA) is 47.8 Å². The minimum atomic E-state index is -0.366. The van der Waals surface area contributed by atoms with E-state index in [4.69, 9.17) is 9.47 Å². The maximum Gasteiger partial charge on any atom is 0.165 e. The summed E-state index contributed by atoms with van der Waals surface area (Å²) in [6.07, 6.45) is 5.30. The van der Waals surface area contributed by atoms with Crippen LogP contribution in [0, 0.1) is 0 Å². The molecular weight excluding hydrogens is 280 g/mol. The molecule has 5 heteroatoms. The van der Waals surface area contributed by atoms with Gasteiger partial charge in [-0.1, -0.05) is 6.92 Å². The molecular formula is C17H24N2O3. The summed E-state index contributed by atoms with van der Waals surface area (Å²) >= 11 is 0. The lowest BCUT2D eigenvalue weighted by molar-refractivity contribution is -0.458. The monoisotopic (exact) mass is 304 g/mol. The van der Waals surface area contributed by atoms with E-state index in [0.717, 1.165) is 17.0 Å². The highest BCUT2D eigenvalue weighted by Crippen LogP contribution is 2.21. The molecule has 0 aliphatic carbocycles. The summed E-state index contributed by atoms with van der Waals surface area (Å²) in [6.45, 7) is 2.14. The number of benzene rings is 1. The first kappa shape index (κ1) is 17.6. The Morgan fingerprint density at radius 1 is 1.27 bits per heavy atom. The molecule has 0 aromatic heterocycles. The fourth-order valence-corrected chi connectivity index (χ4v) is 1.81. The summed E-state index contributed by atoms with van der Waals surface area (Å²) in [6, 6.07) is 7.67. The minimum absolute atomic E-state index is 0.356. The highest BCUT2D eigenvalue weighted by Gasteiger charge is 2.06. The summed E-state index contributed by atoms with van der Waals surface area (Å²) in [4.78, 5) is 1.75. The van der Waals surface area contributed by atoms with Crippen molar-refractivity contribution in [2.75, 3.05) is 34.9 Å². The van der Waals surface area contributed by atoms with Crippen LogP contribution < -0.4 is 9.84 Å². The molecule has 0 unspecified atom stereocenters. The van der Waals surface area contributed by atoms with Gasteiger partial charge in [-0.25, -0.2) is 4.58 Å². The largest absolute Gasteiger partial charge is 0.613 e. The summed E-state index contributed by atoms with van der Waals surface area (Å²) in [5, 5.41) is 11.6. The Labute approximate surface area is 132 Å². The van der Waals surface area contributed by atoms with Gasteiger partial charge in [0, 0.05) is 19.3 Å².